The van der Waals surface area contributed by atoms with Gasteiger partial charge in [-0.3, -0.25) is 5.10 Å². The SMILES string of the molecule is CC1(Oc2ccc3[nH]nc(-c4cc(N5CCO[C@@H](c6ccccc6)C5)ncn4)c3c2)CC1. The molecule has 4 aromatic rings. The van der Waals surface area contributed by atoms with Crippen LogP contribution in [0.15, 0.2) is 60.9 Å². The number of morpholine rings is 1. The van der Waals surface area contributed by atoms with Gasteiger partial charge in [-0.15, -0.1) is 0 Å². The Morgan fingerprint density at radius 1 is 1.09 bits per heavy atom. The van der Waals surface area contributed by atoms with E-state index in [-0.39, 0.29) is 11.7 Å². The lowest BCUT2D eigenvalue weighted by atomic mass is 10.1. The van der Waals surface area contributed by atoms with Crippen LogP contribution in [-0.2, 0) is 4.74 Å². The number of benzene rings is 2. The molecule has 1 aliphatic carbocycles. The molecule has 2 fully saturated rings. The Morgan fingerprint density at radius 3 is 2.81 bits per heavy atom. The molecule has 2 aliphatic rings. The van der Waals surface area contributed by atoms with Crippen molar-refractivity contribution in [1.82, 2.24) is 20.2 Å². The second-order valence-corrected chi connectivity index (χ2v) is 8.81. The fourth-order valence-corrected chi connectivity index (χ4v) is 4.19. The molecule has 1 saturated heterocycles. The summed E-state index contributed by atoms with van der Waals surface area (Å²) in [5.41, 5.74) is 3.72. The van der Waals surface area contributed by atoms with Crippen LogP contribution in [0.5, 0.6) is 5.75 Å². The number of hydrogen-bond donors (Lipinski definition) is 1. The molecule has 0 bridgehead atoms. The van der Waals surface area contributed by atoms with E-state index in [2.05, 4.69) is 50.2 Å². The third-order valence-corrected chi connectivity index (χ3v) is 6.31. The molecule has 0 unspecified atom stereocenters. The number of nitrogens with zero attached hydrogens (tertiary/aromatic N) is 4. The smallest absolute Gasteiger partial charge is 0.132 e. The molecule has 32 heavy (non-hydrogen) atoms. The molecule has 7 nitrogen and oxygen atoms in total. The fourth-order valence-electron chi connectivity index (χ4n) is 4.19. The predicted octanol–water partition coefficient (Wildman–Crippen LogP) is 4.53. The number of hydrogen-bond acceptors (Lipinski definition) is 6. The Hall–Kier alpha value is -3.45. The van der Waals surface area contributed by atoms with Gasteiger partial charge in [0.15, 0.2) is 0 Å². The Balaban J connectivity index is 1.29. The Bertz CT molecular complexity index is 1250. The van der Waals surface area contributed by atoms with Crippen molar-refractivity contribution in [3.8, 4) is 17.1 Å². The number of ether oxygens (including phenoxy) is 2. The average molecular weight is 428 g/mol. The van der Waals surface area contributed by atoms with Crippen LogP contribution in [-0.4, -0.2) is 45.5 Å². The molecule has 0 radical (unpaired) electrons. The molecule has 2 aromatic carbocycles. The highest BCUT2D eigenvalue weighted by Crippen LogP contribution is 2.40. The molecule has 6 rings (SSSR count). The van der Waals surface area contributed by atoms with Gasteiger partial charge >= 0.3 is 0 Å². The summed E-state index contributed by atoms with van der Waals surface area (Å²) in [5.74, 6) is 1.75. The third kappa shape index (κ3) is 3.69. The van der Waals surface area contributed by atoms with Crippen molar-refractivity contribution in [2.24, 2.45) is 0 Å². The van der Waals surface area contributed by atoms with E-state index in [4.69, 9.17) is 9.47 Å². The van der Waals surface area contributed by atoms with E-state index >= 15 is 0 Å². The quantitative estimate of drug-likeness (QED) is 0.504. The number of H-pyrrole nitrogens is 1. The van der Waals surface area contributed by atoms with Crippen LogP contribution in [0.1, 0.15) is 31.4 Å². The molecule has 1 aliphatic heterocycles. The van der Waals surface area contributed by atoms with Gasteiger partial charge in [0.2, 0.25) is 0 Å². The number of nitrogens with one attached hydrogen (secondary N) is 1. The molecule has 1 N–H and O–H groups in total. The van der Waals surface area contributed by atoms with Crippen LogP contribution in [0, 0.1) is 0 Å². The molecule has 0 spiro atoms. The van der Waals surface area contributed by atoms with Gasteiger partial charge in [0, 0.05) is 24.5 Å². The van der Waals surface area contributed by atoms with E-state index in [1.165, 1.54) is 5.56 Å². The minimum absolute atomic E-state index is 0.0225. The second-order valence-electron chi connectivity index (χ2n) is 8.81. The Kier molecular flexibility index (Phi) is 4.57. The molecular weight excluding hydrogens is 402 g/mol. The van der Waals surface area contributed by atoms with Gasteiger partial charge in [0.25, 0.3) is 0 Å². The van der Waals surface area contributed by atoms with Crippen molar-refractivity contribution in [3.63, 3.8) is 0 Å². The van der Waals surface area contributed by atoms with Crippen LogP contribution in [0.25, 0.3) is 22.3 Å². The zero-order chi connectivity index (χ0) is 21.5. The second kappa shape index (κ2) is 7.60. The van der Waals surface area contributed by atoms with Crippen molar-refractivity contribution >= 4 is 16.7 Å². The fraction of sp³-hybridized carbons (Fsp3) is 0.320. The van der Waals surface area contributed by atoms with Crippen molar-refractivity contribution in [2.75, 3.05) is 24.6 Å². The monoisotopic (exact) mass is 427 g/mol. The van der Waals surface area contributed by atoms with Crippen LogP contribution in [0.3, 0.4) is 0 Å². The van der Waals surface area contributed by atoms with Crippen molar-refractivity contribution in [2.45, 2.75) is 31.5 Å². The topological polar surface area (TPSA) is 76.2 Å². The zero-order valence-electron chi connectivity index (χ0n) is 18.0. The lowest BCUT2D eigenvalue weighted by Crippen LogP contribution is -2.38. The Labute approximate surface area is 186 Å². The first-order valence-electron chi connectivity index (χ1n) is 11.1. The van der Waals surface area contributed by atoms with Gasteiger partial charge in [0.1, 0.15) is 35.3 Å². The van der Waals surface area contributed by atoms with Crippen molar-refractivity contribution < 1.29 is 9.47 Å². The first kappa shape index (κ1) is 19.3. The van der Waals surface area contributed by atoms with E-state index < -0.39 is 0 Å². The van der Waals surface area contributed by atoms with Crippen LogP contribution in [0.4, 0.5) is 5.82 Å². The van der Waals surface area contributed by atoms with E-state index in [1.54, 1.807) is 6.33 Å². The molecule has 1 saturated carbocycles. The molecule has 2 aromatic heterocycles. The number of fused-ring (bicyclic) bond motifs is 1. The highest BCUT2D eigenvalue weighted by atomic mass is 16.5. The molecule has 0 amide bonds. The maximum atomic E-state index is 6.16. The minimum atomic E-state index is -0.0225. The van der Waals surface area contributed by atoms with Gasteiger partial charge in [-0.2, -0.15) is 5.10 Å². The first-order valence-corrected chi connectivity index (χ1v) is 11.1. The molecule has 162 valence electrons. The molecular formula is C25H25N5O2. The lowest BCUT2D eigenvalue weighted by Gasteiger charge is -2.34. The maximum Gasteiger partial charge on any atom is 0.132 e. The number of anilines is 1. The third-order valence-electron chi connectivity index (χ3n) is 6.31. The van der Waals surface area contributed by atoms with Crippen molar-refractivity contribution in [1.29, 1.82) is 0 Å². The predicted molar refractivity (Wildman–Crippen MR) is 123 cm³/mol. The standard InChI is InChI=1S/C25H25N5O2/c1-25(9-10-25)32-18-7-8-20-19(13-18)24(29-28-20)21-14-23(27-16-26-21)30-11-12-31-22(15-30)17-5-3-2-4-6-17/h2-8,13-14,16,22H,9-12,15H2,1H3,(H,28,29)/t22-/m1/s1. The Morgan fingerprint density at radius 2 is 1.97 bits per heavy atom. The first-order chi connectivity index (χ1) is 15.7. The van der Waals surface area contributed by atoms with Crippen molar-refractivity contribution in [3.05, 3.63) is 66.5 Å². The van der Waals surface area contributed by atoms with E-state index in [9.17, 15) is 0 Å². The summed E-state index contributed by atoms with van der Waals surface area (Å²) in [7, 11) is 0. The van der Waals surface area contributed by atoms with Gasteiger partial charge < -0.3 is 14.4 Å². The molecule has 1 atom stereocenters. The summed E-state index contributed by atoms with van der Waals surface area (Å²) in [6, 6.07) is 18.4. The van der Waals surface area contributed by atoms with Crippen LogP contribution >= 0.6 is 0 Å². The van der Waals surface area contributed by atoms with Crippen LogP contribution in [0.2, 0.25) is 0 Å². The summed E-state index contributed by atoms with van der Waals surface area (Å²) in [6.45, 7) is 4.34. The highest BCUT2D eigenvalue weighted by Gasteiger charge is 2.40. The summed E-state index contributed by atoms with van der Waals surface area (Å²) in [6.07, 6.45) is 3.84. The van der Waals surface area contributed by atoms with E-state index in [0.717, 1.165) is 59.8 Å². The normalized spacial score (nSPS) is 19.8. The largest absolute Gasteiger partial charge is 0.488 e. The highest BCUT2D eigenvalue weighted by molar-refractivity contribution is 5.93. The average Bonchev–Trinajstić information content (AvgIpc) is 3.42. The minimum Gasteiger partial charge on any atom is -0.488 e. The number of rotatable bonds is 5. The summed E-state index contributed by atoms with van der Waals surface area (Å²) >= 11 is 0. The molecule has 7 heteroatoms. The summed E-state index contributed by atoms with van der Waals surface area (Å²) in [4.78, 5) is 11.3. The lowest BCUT2D eigenvalue weighted by molar-refractivity contribution is 0.0395. The van der Waals surface area contributed by atoms with E-state index in [1.807, 2.05) is 36.4 Å². The summed E-state index contributed by atoms with van der Waals surface area (Å²) < 4.78 is 12.2. The number of aromatic amines is 1. The summed E-state index contributed by atoms with van der Waals surface area (Å²) in [5, 5.41) is 8.67. The van der Waals surface area contributed by atoms with Crippen LogP contribution < -0.4 is 9.64 Å². The zero-order valence-corrected chi connectivity index (χ0v) is 18.0. The molecule has 3 heterocycles. The van der Waals surface area contributed by atoms with E-state index in [0.29, 0.717) is 6.61 Å². The van der Waals surface area contributed by atoms with Gasteiger partial charge in [-0.05, 0) is 43.5 Å². The van der Waals surface area contributed by atoms with Gasteiger partial charge in [-0.1, -0.05) is 30.3 Å². The van der Waals surface area contributed by atoms with Gasteiger partial charge in [0.05, 0.1) is 17.8 Å². The maximum absolute atomic E-state index is 6.16. The van der Waals surface area contributed by atoms with Gasteiger partial charge in [-0.25, -0.2) is 9.97 Å². The number of aromatic nitrogens is 4.